The lowest BCUT2D eigenvalue weighted by Gasteiger charge is -2.26. The number of nitrogens with zero attached hydrogens (tertiary/aromatic N) is 3. The van der Waals surface area contributed by atoms with Gasteiger partial charge in [0.25, 0.3) is 0 Å². The molecular weight excluding hydrogens is 472 g/mol. The van der Waals surface area contributed by atoms with E-state index in [1.54, 1.807) is 0 Å². The van der Waals surface area contributed by atoms with Crippen LogP contribution in [0.25, 0.3) is 33.1 Å². The number of morpholine rings is 1. The van der Waals surface area contributed by atoms with Crippen molar-refractivity contribution in [1.82, 2.24) is 19.9 Å². The number of ether oxygens (including phenoxy) is 2. The Labute approximate surface area is 194 Å². The SMILES string of the molecule is Cc1cc2[nH]c(O)c(-c3ncnc4cc(OCCCN5CCOCC5)ccc34)c2cc1Br. The molecule has 3 heterocycles. The maximum Gasteiger partial charge on any atom is 0.199 e. The minimum absolute atomic E-state index is 0.0981. The average Bonchev–Trinajstić information content (AvgIpc) is 3.11. The Morgan fingerprint density at radius 2 is 2.00 bits per heavy atom. The number of nitrogens with one attached hydrogen (secondary N) is 1. The quantitative estimate of drug-likeness (QED) is 0.377. The van der Waals surface area contributed by atoms with Gasteiger partial charge in [-0.05, 0) is 43.2 Å². The van der Waals surface area contributed by atoms with Crippen LogP contribution in [-0.2, 0) is 4.74 Å². The normalized spacial score (nSPS) is 14.9. The molecule has 5 rings (SSSR count). The highest BCUT2D eigenvalue weighted by molar-refractivity contribution is 9.10. The number of rotatable bonds is 6. The zero-order chi connectivity index (χ0) is 22.1. The molecule has 0 saturated carbocycles. The van der Waals surface area contributed by atoms with E-state index in [4.69, 9.17) is 9.47 Å². The van der Waals surface area contributed by atoms with Gasteiger partial charge in [-0.3, -0.25) is 4.90 Å². The van der Waals surface area contributed by atoms with Crippen LogP contribution in [-0.4, -0.2) is 64.4 Å². The molecule has 2 N–H and O–H groups in total. The van der Waals surface area contributed by atoms with Gasteiger partial charge in [-0.25, -0.2) is 9.97 Å². The number of aromatic amines is 1. The lowest BCUT2D eigenvalue weighted by molar-refractivity contribution is 0.0358. The molecule has 2 aromatic heterocycles. The molecule has 4 aromatic rings. The second-order valence-electron chi connectivity index (χ2n) is 8.05. The van der Waals surface area contributed by atoms with E-state index >= 15 is 0 Å². The van der Waals surface area contributed by atoms with E-state index in [1.165, 1.54) is 6.33 Å². The molecule has 1 aliphatic rings. The summed E-state index contributed by atoms with van der Waals surface area (Å²) in [6.07, 6.45) is 2.49. The van der Waals surface area contributed by atoms with E-state index in [-0.39, 0.29) is 5.88 Å². The first kappa shape index (κ1) is 21.2. The van der Waals surface area contributed by atoms with Gasteiger partial charge in [0.1, 0.15) is 12.1 Å². The minimum Gasteiger partial charge on any atom is -0.494 e. The third-order valence-electron chi connectivity index (χ3n) is 5.89. The number of fused-ring (bicyclic) bond motifs is 2. The molecular formula is C24H25BrN4O3. The van der Waals surface area contributed by atoms with Crippen LogP contribution in [0.4, 0.5) is 0 Å². The van der Waals surface area contributed by atoms with Crippen LogP contribution in [0.1, 0.15) is 12.0 Å². The number of hydrogen-bond acceptors (Lipinski definition) is 6. The number of H-pyrrole nitrogens is 1. The number of halogens is 1. The van der Waals surface area contributed by atoms with Gasteiger partial charge in [0, 0.05) is 46.5 Å². The summed E-state index contributed by atoms with van der Waals surface area (Å²) in [6, 6.07) is 9.85. The van der Waals surface area contributed by atoms with E-state index in [9.17, 15) is 5.11 Å². The molecule has 7 nitrogen and oxygen atoms in total. The molecule has 32 heavy (non-hydrogen) atoms. The molecule has 0 unspecified atom stereocenters. The van der Waals surface area contributed by atoms with Crippen molar-refractivity contribution >= 4 is 37.7 Å². The molecule has 0 spiro atoms. The first-order valence-electron chi connectivity index (χ1n) is 10.8. The van der Waals surface area contributed by atoms with Gasteiger partial charge in [-0.15, -0.1) is 0 Å². The molecule has 1 fully saturated rings. The van der Waals surface area contributed by atoms with E-state index in [0.717, 1.165) is 76.9 Å². The highest BCUT2D eigenvalue weighted by atomic mass is 79.9. The van der Waals surface area contributed by atoms with E-state index in [0.29, 0.717) is 17.9 Å². The first-order chi connectivity index (χ1) is 15.6. The summed E-state index contributed by atoms with van der Waals surface area (Å²) in [6.45, 7) is 7.30. The summed E-state index contributed by atoms with van der Waals surface area (Å²) < 4.78 is 12.4. The second kappa shape index (κ2) is 9.05. The van der Waals surface area contributed by atoms with Crippen molar-refractivity contribution in [3.05, 3.63) is 46.7 Å². The largest absolute Gasteiger partial charge is 0.494 e. The van der Waals surface area contributed by atoms with Crippen LogP contribution in [0.2, 0.25) is 0 Å². The highest BCUT2D eigenvalue weighted by Crippen LogP contribution is 2.40. The summed E-state index contributed by atoms with van der Waals surface area (Å²) in [4.78, 5) is 14.4. The summed E-state index contributed by atoms with van der Waals surface area (Å²) in [7, 11) is 0. The fourth-order valence-electron chi connectivity index (χ4n) is 4.18. The topological polar surface area (TPSA) is 83.5 Å². The zero-order valence-corrected chi connectivity index (χ0v) is 19.5. The second-order valence-corrected chi connectivity index (χ2v) is 8.91. The van der Waals surface area contributed by atoms with Crippen molar-refractivity contribution in [2.24, 2.45) is 0 Å². The van der Waals surface area contributed by atoms with Crippen molar-refractivity contribution in [1.29, 1.82) is 0 Å². The number of aromatic nitrogens is 3. The molecule has 1 aliphatic heterocycles. The van der Waals surface area contributed by atoms with E-state index in [1.807, 2.05) is 37.3 Å². The lowest BCUT2D eigenvalue weighted by Crippen LogP contribution is -2.37. The molecule has 0 aliphatic carbocycles. The van der Waals surface area contributed by atoms with Crippen LogP contribution in [0.15, 0.2) is 41.1 Å². The third-order valence-corrected chi connectivity index (χ3v) is 6.75. The number of benzene rings is 2. The van der Waals surface area contributed by atoms with Crippen molar-refractivity contribution in [2.75, 3.05) is 39.5 Å². The fourth-order valence-corrected chi connectivity index (χ4v) is 4.52. The first-order valence-corrected chi connectivity index (χ1v) is 11.6. The van der Waals surface area contributed by atoms with Crippen molar-refractivity contribution in [3.8, 4) is 22.9 Å². The highest BCUT2D eigenvalue weighted by Gasteiger charge is 2.18. The van der Waals surface area contributed by atoms with Gasteiger partial charge in [0.2, 0.25) is 0 Å². The van der Waals surface area contributed by atoms with Gasteiger partial charge < -0.3 is 19.6 Å². The number of aromatic hydroxyl groups is 1. The summed E-state index contributed by atoms with van der Waals surface area (Å²) in [5, 5.41) is 12.4. The lowest BCUT2D eigenvalue weighted by atomic mass is 10.0. The Morgan fingerprint density at radius 1 is 1.16 bits per heavy atom. The molecule has 0 amide bonds. The van der Waals surface area contributed by atoms with E-state index in [2.05, 4.69) is 35.8 Å². The van der Waals surface area contributed by atoms with Gasteiger partial charge in [0.05, 0.1) is 36.6 Å². The summed E-state index contributed by atoms with van der Waals surface area (Å²) >= 11 is 3.59. The molecule has 8 heteroatoms. The molecule has 0 radical (unpaired) electrons. The fraction of sp³-hybridized carbons (Fsp3) is 0.333. The predicted octanol–water partition coefficient (Wildman–Crippen LogP) is 4.66. The Balaban J connectivity index is 1.38. The summed E-state index contributed by atoms with van der Waals surface area (Å²) in [5.41, 5.74) is 4.10. The Hall–Kier alpha value is -2.68. The van der Waals surface area contributed by atoms with E-state index < -0.39 is 0 Å². The Bertz CT molecular complexity index is 1270. The number of aryl methyl sites for hydroxylation is 1. The van der Waals surface area contributed by atoms with Crippen LogP contribution in [0.5, 0.6) is 11.6 Å². The van der Waals surface area contributed by atoms with Crippen LogP contribution < -0.4 is 4.74 Å². The molecule has 166 valence electrons. The van der Waals surface area contributed by atoms with Crippen molar-refractivity contribution in [2.45, 2.75) is 13.3 Å². The minimum atomic E-state index is 0.0981. The molecule has 0 atom stereocenters. The monoisotopic (exact) mass is 496 g/mol. The zero-order valence-electron chi connectivity index (χ0n) is 17.9. The molecule has 0 bridgehead atoms. The standard InChI is InChI=1S/C24H25BrN4O3/c1-15-11-21-18(13-19(15)25)22(24(30)28-21)23-17-4-3-16(12-20(17)26-14-27-23)32-8-2-5-29-6-9-31-10-7-29/h3-4,11-14,28,30H,2,5-10H2,1H3. The summed E-state index contributed by atoms with van der Waals surface area (Å²) in [5.74, 6) is 0.881. The van der Waals surface area contributed by atoms with Gasteiger partial charge in [0.15, 0.2) is 5.88 Å². The van der Waals surface area contributed by atoms with Crippen molar-refractivity contribution < 1.29 is 14.6 Å². The van der Waals surface area contributed by atoms with Crippen LogP contribution in [0, 0.1) is 6.92 Å². The third kappa shape index (κ3) is 4.18. The van der Waals surface area contributed by atoms with Crippen molar-refractivity contribution in [3.63, 3.8) is 0 Å². The predicted molar refractivity (Wildman–Crippen MR) is 128 cm³/mol. The average molecular weight is 497 g/mol. The Kier molecular flexibility index (Phi) is 5.99. The Morgan fingerprint density at radius 3 is 2.84 bits per heavy atom. The van der Waals surface area contributed by atoms with Crippen LogP contribution in [0.3, 0.4) is 0 Å². The van der Waals surface area contributed by atoms with Gasteiger partial charge in [-0.2, -0.15) is 0 Å². The van der Waals surface area contributed by atoms with Gasteiger partial charge >= 0.3 is 0 Å². The van der Waals surface area contributed by atoms with Gasteiger partial charge in [-0.1, -0.05) is 15.9 Å². The smallest absolute Gasteiger partial charge is 0.199 e. The molecule has 1 saturated heterocycles. The maximum atomic E-state index is 10.7. The van der Waals surface area contributed by atoms with Crippen LogP contribution >= 0.6 is 15.9 Å². The maximum absolute atomic E-state index is 10.7. The molecule has 2 aromatic carbocycles. The number of hydrogen-bond donors (Lipinski definition) is 2.